The summed E-state index contributed by atoms with van der Waals surface area (Å²) in [4.78, 5) is 0. The fraction of sp³-hybridized carbons (Fsp3) is 0.400. The SMILES string of the molecule is Cc1ccc(-c2cnn3c2CCCC3)cc1C. The molecular formula is C15H18N2. The van der Waals surface area contributed by atoms with E-state index in [9.17, 15) is 0 Å². The van der Waals surface area contributed by atoms with Crippen molar-refractivity contribution in [3.63, 3.8) is 0 Å². The first kappa shape index (κ1) is 10.6. The first-order valence-electron chi connectivity index (χ1n) is 6.38. The summed E-state index contributed by atoms with van der Waals surface area (Å²) in [6, 6.07) is 6.70. The third-order valence-electron chi connectivity index (χ3n) is 3.80. The van der Waals surface area contributed by atoms with Crippen molar-refractivity contribution in [1.82, 2.24) is 9.78 Å². The lowest BCUT2D eigenvalue weighted by molar-refractivity contribution is 0.487. The van der Waals surface area contributed by atoms with E-state index in [2.05, 4.69) is 41.8 Å². The predicted molar refractivity (Wildman–Crippen MR) is 70.1 cm³/mol. The molecule has 1 aliphatic rings. The number of aryl methyl sites for hydroxylation is 3. The smallest absolute Gasteiger partial charge is 0.0571 e. The topological polar surface area (TPSA) is 17.8 Å². The average Bonchev–Trinajstić information content (AvgIpc) is 2.76. The zero-order valence-electron chi connectivity index (χ0n) is 10.5. The van der Waals surface area contributed by atoms with Gasteiger partial charge in [0.25, 0.3) is 0 Å². The van der Waals surface area contributed by atoms with Gasteiger partial charge in [-0.25, -0.2) is 0 Å². The molecule has 1 aliphatic heterocycles. The van der Waals surface area contributed by atoms with Gasteiger partial charge >= 0.3 is 0 Å². The Morgan fingerprint density at radius 1 is 1.12 bits per heavy atom. The van der Waals surface area contributed by atoms with E-state index in [1.165, 1.54) is 47.2 Å². The number of aromatic nitrogens is 2. The second-order valence-electron chi connectivity index (χ2n) is 4.98. The first-order valence-corrected chi connectivity index (χ1v) is 6.38. The molecule has 0 saturated carbocycles. The second kappa shape index (κ2) is 4.02. The lowest BCUT2D eigenvalue weighted by Gasteiger charge is -2.15. The van der Waals surface area contributed by atoms with Crippen LogP contribution in [0.25, 0.3) is 11.1 Å². The number of benzene rings is 1. The second-order valence-corrected chi connectivity index (χ2v) is 4.98. The van der Waals surface area contributed by atoms with E-state index in [0.717, 1.165) is 6.54 Å². The summed E-state index contributed by atoms with van der Waals surface area (Å²) in [5, 5.41) is 4.50. The molecule has 2 heterocycles. The van der Waals surface area contributed by atoms with E-state index in [1.54, 1.807) is 0 Å². The van der Waals surface area contributed by atoms with E-state index in [1.807, 2.05) is 6.20 Å². The normalized spacial score (nSPS) is 14.7. The molecule has 2 aromatic rings. The maximum Gasteiger partial charge on any atom is 0.0571 e. The summed E-state index contributed by atoms with van der Waals surface area (Å²) in [6.07, 6.45) is 5.76. The molecule has 0 fully saturated rings. The van der Waals surface area contributed by atoms with Gasteiger partial charge in [-0.15, -0.1) is 0 Å². The Morgan fingerprint density at radius 3 is 2.82 bits per heavy atom. The standard InChI is InChI=1S/C15H18N2/c1-11-6-7-13(9-12(11)2)14-10-16-17-8-4-3-5-15(14)17/h6-7,9-10H,3-5,8H2,1-2H3. The molecule has 0 spiro atoms. The van der Waals surface area contributed by atoms with E-state index >= 15 is 0 Å². The van der Waals surface area contributed by atoms with Gasteiger partial charge in [0.2, 0.25) is 0 Å². The Bertz CT molecular complexity index is 552. The van der Waals surface area contributed by atoms with Gasteiger partial charge in [-0.1, -0.05) is 18.2 Å². The molecule has 0 amide bonds. The third kappa shape index (κ3) is 1.78. The molecule has 3 rings (SSSR count). The molecule has 2 heteroatoms. The largest absolute Gasteiger partial charge is 0.269 e. The Hall–Kier alpha value is -1.57. The quantitative estimate of drug-likeness (QED) is 0.727. The minimum Gasteiger partial charge on any atom is -0.269 e. The molecule has 1 aromatic heterocycles. The fourth-order valence-corrected chi connectivity index (χ4v) is 2.57. The van der Waals surface area contributed by atoms with Crippen LogP contribution in [0.5, 0.6) is 0 Å². The van der Waals surface area contributed by atoms with Crippen LogP contribution in [-0.2, 0) is 13.0 Å². The Kier molecular flexibility index (Phi) is 2.50. The van der Waals surface area contributed by atoms with Crippen molar-refractivity contribution >= 4 is 0 Å². The zero-order valence-corrected chi connectivity index (χ0v) is 10.5. The van der Waals surface area contributed by atoms with Gasteiger partial charge in [-0.3, -0.25) is 4.68 Å². The minimum atomic E-state index is 1.08. The van der Waals surface area contributed by atoms with Gasteiger partial charge < -0.3 is 0 Å². The zero-order chi connectivity index (χ0) is 11.8. The van der Waals surface area contributed by atoms with Crippen LogP contribution >= 0.6 is 0 Å². The molecule has 0 unspecified atom stereocenters. The van der Waals surface area contributed by atoms with Gasteiger partial charge in [0.05, 0.1) is 6.20 Å². The Labute approximate surface area is 102 Å². The lowest BCUT2D eigenvalue weighted by Crippen LogP contribution is -2.11. The fourth-order valence-electron chi connectivity index (χ4n) is 2.57. The minimum absolute atomic E-state index is 1.08. The molecule has 0 atom stereocenters. The molecule has 0 bridgehead atoms. The number of nitrogens with zero attached hydrogens (tertiary/aromatic N) is 2. The molecule has 2 nitrogen and oxygen atoms in total. The number of fused-ring (bicyclic) bond motifs is 1. The molecular weight excluding hydrogens is 208 g/mol. The highest BCUT2D eigenvalue weighted by Crippen LogP contribution is 2.28. The summed E-state index contributed by atoms with van der Waals surface area (Å²) in [5.41, 5.74) is 6.77. The maximum absolute atomic E-state index is 4.50. The monoisotopic (exact) mass is 226 g/mol. The summed E-state index contributed by atoms with van der Waals surface area (Å²) in [7, 11) is 0. The average molecular weight is 226 g/mol. The molecule has 88 valence electrons. The van der Waals surface area contributed by atoms with Crippen LogP contribution in [0.1, 0.15) is 29.7 Å². The van der Waals surface area contributed by atoms with Crippen molar-refractivity contribution in [3.8, 4) is 11.1 Å². The predicted octanol–water partition coefficient (Wildman–Crippen LogP) is 3.50. The van der Waals surface area contributed by atoms with Crippen LogP contribution in [-0.4, -0.2) is 9.78 Å². The number of rotatable bonds is 1. The highest BCUT2D eigenvalue weighted by Gasteiger charge is 2.15. The van der Waals surface area contributed by atoms with Gasteiger partial charge in [0, 0.05) is 17.8 Å². The van der Waals surface area contributed by atoms with Crippen molar-refractivity contribution in [2.45, 2.75) is 39.7 Å². The summed E-state index contributed by atoms with van der Waals surface area (Å²) in [6.45, 7) is 5.42. The van der Waals surface area contributed by atoms with Gasteiger partial charge in [-0.2, -0.15) is 5.10 Å². The Morgan fingerprint density at radius 2 is 2.00 bits per heavy atom. The van der Waals surface area contributed by atoms with E-state index in [4.69, 9.17) is 0 Å². The first-order chi connectivity index (χ1) is 8.25. The summed E-state index contributed by atoms with van der Waals surface area (Å²) in [5.74, 6) is 0. The lowest BCUT2D eigenvalue weighted by atomic mass is 9.98. The summed E-state index contributed by atoms with van der Waals surface area (Å²) < 4.78 is 2.17. The molecule has 0 aliphatic carbocycles. The highest BCUT2D eigenvalue weighted by molar-refractivity contribution is 5.66. The van der Waals surface area contributed by atoms with Crippen LogP contribution < -0.4 is 0 Å². The van der Waals surface area contributed by atoms with Crippen LogP contribution in [0.3, 0.4) is 0 Å². The maximum atomic E-state index is 4.50. The third-order valence-corrected chi connectivity index (χ3v) is 3.80. The molecule has 0 saturated heterocycles. The van der Waals surface area contributed by atoms with Crippen LogP contribution in [0.2, 0.25) is 0 Å². The van der Waals surface area contributed by atoms with E-state index in [-0.39, 0.29) is 0 Å². The van der Waals surface area contributed by atoms with Crippen molar-refractivity contribution in [2.24, 2.45) is 0 Å². The van der Waals surface area contributed by atoms with Gasteiger partial charge in [0.15, 0.2) is 0 Å². The van der Waals surface area contributed by atoms with Crippen LogP contribution in [0.4, 0.5) is 0 Å². The van der Waals surface area contributed by atoms with Crippen LogP contribution in [0, 0.1) is 13.8 Å². The van der Waals surface area contributed by atoms with Crippen molar-refractivity contribution in [2.75, 3.05) is 0 Å². The van der Waals surface area contributed by atoms with E-state index < -0.39 is 0 Å². The number of hydrogen-bond donors (Lipinski definition) is 0. The van der Waals surface area contributed by atoms with Crippen molar-refractivity contribution < 1.29 is 0 Å². The van der Waals surface area contributed by atoms with Gasteiger partial charge in [0.1, 0.15) is 0 Å². The van der Waals surface area contributed by atoms with Crippen molar-refractivity contribution in [1.29, 1.82) is 0 Å². The van der Waals surface area contributed by atoms with Crippen molar-refractivity contribution in [3.05, 3.63) is 41.2 Å². The molecule has 0 radical (unpaired) electrons. The van der Waals surface area contributed by atoms with E-state index in [0.29, 0.717) is 0 Å². The molecule has 0 N–H and O–H groups in total. The number of hydrogen-bond acceptors (Lipinski definition) is 1. The molecule has 1 aromatic carbocycles. The highest BCUT2D eigenvalue weighted by atomic mass is 15.3. The van der Waals surface area contributed by atoms with Crippen LogP contribution in [0.15, 0.2) is 24.4 Å². The molecule has 17 heavy (non-hydrogen) atoms. The Balaban J connectivity index is 2.09. The summed E-state index contributed by atoms with van der Waals surface area (Å²) >= 11 is 0. The van der Waals surface area contributed by atoms with Gasteiger partial charge in [-0.05, 0) is 49.8 Å².